The average Bonchev–Trinajstić information content (AvgIpc) is 2.54. The normalized spacial score (nSPS) is 17.0. The molecule has 1 aromatic carbocycles. The van der Waals surface area contributed by atoms with Gasteiger partial charge in [-0.2, -0.15) is 0 Å². The number of rotatable bonds is 4. The second-order valence-electron chi connectivity index (χ2n) is 5.91. The average molecular weight is 281 g/mol. The number of aryl methyl sites for hydroxylation is 1. The van der Waals surface area contributed by atoms with E-state index in [1.165, 1.54) is 18.4 Å². The first-order valence-corrected chi connectivity index (χ1v) is 7.87. The van der Waals surface area contributed by atoms with Crippen LogP contribution in [0.25, 0.3) is 0 Å². The predicted octanol–water partition coefficient (Wildman–Crippen LogP) is 3.21. The van der Waals surface area contributed by atoms with Crippen LogP contribution in [0.4, 0.5) is 0 Å². The summed E-state index contributed by atoms with van der Waals surface area (Å²) >= 11 is 0. The highest BCUT2D eigenvalue weighted by Gasteiger charge is 2.22. The highest BCUT2D eigenvalue weighted by atomic mass is 15.1. The molecule has 1 saturated heterocycles. The van der Waals surface area contributed by atoms with Crippen molar-refractivity contribution in [3.05, 3.63) is 59.7 Å². The van der Waals surface area contributed by atoms with Gasteiger partial charge in [0.15, 0.2) is 0 Å². The molecule has 0 bridgehead atoms. The van der Waals surface area contributed by atoms with Gasteiger partial charge in [-0.3, -0.25) is 0 Å². The van der Waals surface area contributed by atoms with Crippen molar-refractivity contribution >= 4 is 0 Å². The van der Waals surface area contributed by atoms with Crippen LogP contribution in [0, 0.1) is 6.92 Å². The van der Waals surface area contributed by atoms with Crippen LogP contribution in [-0.2, 0) is 6.42 Å². The van der Waals surface area contributed by atoms with E-state index in [4.69, 9.17) is 0 Å². The lowest BCUT2D eigenvalue weighted by Crippen LogP contribution is -2.34. The van der Waals surface area contributed by atoms with E-state index in [9.17, 15) is 0 Å². The number of likely N-dealkylation sites (tertiary alicyclic amines) is 1. The highest BCUT2D eigenvalue weighted by molar-refractivity contribution is 5.15. The summed E-state index contributed by atoms with van der Waals surface area (Å²) in [5.41, 5.74) is 2.51. The molecule has 2 heterocycles. The Balaban J connectivity index is 1.49. The minimum Gasteiger partial charge on any atom is -0.303 e. The van der Waals surface area contributed by atoms with Crippen molar-refractivity contribution in [2.24, 2.45) is 0 Å². The van der Waals surface area contributed by atoms with Gasteiger partial charge in [-0.1, -0.05) is 30.3 Å². The molecule has 0 amide bonds. The molecule has 3 heteroatoms. The zero-order valence-corrected chi connectivity index (χ0v) is 12.7. The van der Waals surface area contributed by atoms with Crippen molar-refractivity contribution in [3.63, 3.8) is 0 Å². The fraction of sp³-hybridized carbons (Fsp3) is 0.444. The number of piperidine rings is 1. The van der Waals surface area contributed by atoms with E-state index >= 15 is 0 Å². The number of hydrogen-bond donors (Lipinski definition) is 0. The molecule has 0 radical (unpaired) electrons. The van der Waals surface area contributed by atoms with Gasteiger partial charge in [0, 0.05) is 24.4 Å². The summed E-state index contributed by atoms with van der Waals surface area (Å²) in [7, 11) is 0. The Morgan fingerprint density at radius 2 is 1.86 bits per heavy atom. The van der Waals surface area contributed by atoms with Crippen LogP contribution in [0.5, 0.6) is 0 Å². The van der Waals surface area contributed by atoms with Crippen LogP contribution in [0.2, 0.25) is 0 Å². The quantitative estimate of drug-likeness (QED) is 0.861. The van der Waals surface area contributed by atoms with Crippen molar-refractivity contribution < 1.29 is 0 Å². The number of benzene rings is 1. The maximum atomic E-state index is 4.59. The van der Waals surface area contributed by atoms with Crippen LogP contribution in [0.15, 0.2) is 42.6 Å². The molecule has 0 atom stereocenters. The van der Waals surface area contributed by atoms with Gasteiger partial charge in [-0.15, -0.1) is 0 Å². The van der Waals surface area contributed by atoms with E-state index in [2.05, 4.69) is 45.2 Å². The van der Waals surface area contributed by atoms with Gasteiger partial charge in [0.05, 0.1) is 0 Å². The summed E-state index contributed by atoms with van der Waals surface area (Å²) in [6.45, 7) is 5.52. The Morgan fingerprint density at radius 1 is 1.10 bits per heavy atom. The molecule has 3 nitrogen and oxygen atoms in total. The maximum absolute atomic E-state index is 4.59. The van der Waals surface area contributed by atoms with Crippen LogP contribution in [-0.4, -0.2) is 34.5 Å². The Morgan fingerprint density at radius 3 is 2.57 bits per heavy atom. The van der Waals surface area contributed by atoms with Gasteiger partial charge in [0.1, 0.15) is 5.82 Å². The zero-order chi connectivity index (χ0) is 14.5. The smallest absolute Gasteiger partial charge is 0.131 e. The van der Waals surface area contributed by atoms with Gasteiger partial charge in [0.25, 0.3) is 0 Å². The van der Waals surface area contributed by atoms with Gasteiger partial charge in [-0.05, 0) is 50.9 Å². The Hall–Kier alpha value is -1.74. The Labute approximate surface area is 127 Å². The topological polar surface area (TPSA) is 29.0 Å². The van der Waals surface area contributed by atoms with E-state index in [0.29, 0.717) is 5.92 Å². The molecule has 0 saturated carbocycles. The van der Waals surface area contributed by atoms with Crippen LogP contribution < -0.4 is 0 Å². The molecule has 0 spiro atoms. The zero-order valence-electron chi connectivity index (χ0n) is 12.7. The van der Waals surface area contributed by atoms with Gasteiger partial charge < -0.3 is 4.90 Å². The summed E-state index contributed by atoms with van der Waals surface area (Å²) < 4.78 is 0. The van der Waals surface area contributed by atoms with Gasteiger partial charge in [-0.25, -0.2) is 9.97 Å². The number of nitrogens with zero attached hydrogens (tertiary/aromatic N) is 3. The van der Waals surface area contributed by atoms with E-state index in [-0.39, 0.29) is 0 Å². The van der Waals surface area contributed by atoms with Crippen molar-refractivity contribution in [3.8, 4) is 0 Å². The minimum absolute atomic E-state index is 0.540. The van der Waals surface area contributed by atoms with E-state index in [1.54, 1.807) is 0 Å². The van der Waals surface area contributed by atoms with Crippen molar-refractivity contribution in [2.75, 3.05) is 19.6 Å². The van der Waals surface area contributed by atoms with E-state index in [0.717, 1.165) is 37.6 Å². The highest BCUT2D eigenvalue weighted by Crippen LogP contribution is 2.25. The molecule has 110 valence electrons. The molecular formula is C18H23N3. The molecule has 1 aliphatic heterocycles. The SMILES string of the molecule is Cc1ccnc(C2CCN(CCc3ccccc3)CC2)n1. The molecular weight excluding hydrogens is 258 g/mol. The Bertz CT molecular complexity index is 560. The lowest BCUT2D eigenvalue weighted by Gasteiger charge is -2.31. The van der Waals surface area contributed by atoms with Crippen molar-refractivity contribution in [1.29, 1.82) is 0 Å². The predicted molar refractivity (Wildman–Crippen MR) is 85.3 cm³/mol. The summed E-state index contributed by atoms with van der Waals surface area (Å²) in [6, 6.07) is 12.7. The Kier molecular flexibility index (Phi) is 4.61. The summed E-state index contributed by atoms with van der Waals surface area (Å²) in [5.74, 6) is 1.58. The van der Waals surface area contributed by atoms with Crippen molar-refractivity contribution in [2.45, 2.75) is 32.1 Å². The fourth-order valence-corrected chi connectivity index (χ4v) is 3.01. The largest absolute Gasteiger partial charge is 0.303 e. The van der Waals surface area contributed by atoms with E-state index < -0.39 is 0 Å². The van der Waals surface area contributed by atoms with Crippen LogP contribution in [0.3, 0.4) is 0 Å². The van der Waals surface area contributed by atoms with Gasteiger partial charge >= 0.3 is 0 Å². The third-order valence-corrected chi connectivity index (χ3v) is 4.33. The first-order valence-electron chi connectivity index (χ1n) is 7.87. The number of aromatic nitrogens is 2. The molecule has 2 aromatic rings. The second-order valence-corrected chi connectivity index (χ2v) is 5.91. The minimum atomic E-state index is 0.540. The summed E-state index contributed by atoms with van der Waals surface area (Å²) in [6.07, 6.45) is 5.39. The molecule has 1 aliphatic rings. The first kappa shape index (κ1) is 14.2. The summed E-state index contributed by atoms with van der Waals surface area (Å²) in [5, 5.41) is 0. The second kappa shape index (κ2) is 6.81. The maximum Gasteiger partial charge on any atom is 0.131 e. The lowest BCUT2D eigenvalue weighted by atomic mass is 9.95. The van der Waals surface area contributed by atoms with E-state index in [1.807, 2.05) is 19.2 Å². The van der Waals surface area contributed by atoms with Crippen molar-refractivity contribution in [1.82, 2.24) is 14.9 Å². The standard InChI is InChI=1S/C18H23N3/c1-15-7-11-19-18(20-15)17-9-13-21(14-10-17)12-8-16-5-3-2-4-6-16/h2-7,11,17H,8-10,12-14H2,1H3. The third-order valence-electron chi connectivity index (χ3n) is 4.33. The summed E-state index contributed by atoms with van der Waals surface area (Å²) in [4.78, 5) is 11.6. The molecule has 3 rings (SSSR count). The molecule has 0 N–H and O–H groups in total. The van der Waals surface area contributed by atoms with Crippen LogP contribution in [0.1, 0.15) is 35.8 Å². The van der Waals surface area contributed by atoms with Crippen LogP contribution >= 0.6 is 0 Å². The fourth-order valence-electron chi connectivity index (χ4n) is 3.01. The van der Waals surface area contributed by atoms with Gasteiger partial charge in [0.2, 0.25) is 0 Å². The monoisotopic (exact) mass is 281 g/mol. The first-order chi connectivity index (χ1) is 10.3. The number of hydrogen-bond acceptors (Lipinski definition) is 3. The lowest BCUT2D eigenvalue weighted by molar-refractivity contribution is 0.211. The third kappa shape index (κ3) is 3.88. The molecule has 1 fully saturated rings. The molecule has 21 heavy (non-hydrogen) atoms. The molecule has 1 aromatic heterocycles. The molecule has 0 aliphatic carbocycles. The molecule has 0 unspecified atom stereocenters.